The zero-order valence-electron chi connectivity index (χ0n) is 12.0. The summed E-state index contributed by atoms with van der Waals surface area (Å²) in [6.45, 7) is 6.90. The molecule has 0 aliphatic rings. The highest BCUT2D eigenvalue weighted by Gasteiger charge is 2.12. The third-order valence-electron chi connectivity index (χ3n) is 2.63. The van der Waals surface area contributed by atoms with Gasteiger partial charge in [0.25, 0.3) is 0 Å². The summed E-state index contributed by atoms with van der Waals surface area (Å²) in [6, 6.07) is 1.86. The Kier molecular flexibility index (Phi) is 4.43. The number of hydrogen-bond donors (Lipinski definition) is 2. The number of aromatic amines is 1. The number of hydrogen-bond acceptors (Lipinski definition) is 6. The van der Waals surface area contributed by atoms with Crippen LogP contribution < -0.4 is 11.0 Å². The van der Waals surface area contributed by atoms with Crippen molar-refractivity contribution in [3.63, 3.8) is 0 Å². The van der Waals surface area contributed by atoms with Crippen molar-refractivity contribution >= 4 is 17.6 Å². The van der Waals surface area contributed by atoms with E-state index in [1.807, 2.05) is 26.8 Å². The van der Waals surface area contributed by atoms with Crippen LogP contribution in [0.1, 0.15) is 32.5 Å². The second-order valence-corrected chi connectivity index (χ2v) is 5.59. The van der Waals surface area contributed by atoms with Gasteiger partial charge in [0, 0.05) is 25.6 Å². The van der Waals surface area contributed by atoms with E-state index in [1.54, 1.807) is 7.05 Å². The lowest BCUT2D eigenvalue weighted by Gasteiger charge is -2.10. The van der Waals surface area contributed by atoms with E-state index in [-0.39, 0.29) is 11.6 Å². The Labute approximate surface area is 121 Å². The second-order valence-electron chi connectivity index (χ2n) is 4.61. The Balaban J connectivity index is 2.35. The molecule has 0 unspecified atom stereocenters. The summed E-state index contributed by atoms with van der Waals surface area (Å²) >= 11 is 1.34. The highest BCUT2D eigenvalue weighted by molar-refractivity contribution is 7.99. The van der Waals surface area contributed by atoms with Crippen LogP contribution in [0.3, 0.4) is 0 Å². The molecule has 2 aromatic heterocycles. The number of anilines is 1. The van der Waals surface area contributed by atoms with Crippen molar-refractivity contribution in [2.75, 3.05) is 11.9 Å². The minimum absolute atomic E-state index is 0.232. The fourth-order valence-electron chi connectivity index (χ4n) is 1.54. The average molecular weight is 294 g/mol. The molecule has 0 amide bonds. The van der Waals surface area contributed by atoms with Gasteiger partial charge in [0.2, 0.25) is 0 Å². The van der Waals surface area contributed by atoms with Gasteiger partial charge in [0.15, 0.2) is 5.16 Å². The first kappa shape index (κ1) is 14.6. The number of rotatable bonds is 5. The highest BCUT2D eigenvalue weighted by Crippen LogP contribution is 2.26. The maximum absolute atomic E-state index is 11.4. The van der Waals surface area contributed by atoms with Gasteiger partial charge in [-0.15, -0.1) is 5.10 Å². The second kappa shape index (κ2) is 6.08. The van der Waals surface area contributed by atoms with E-state index in [9.17, 15) is 4.79 Å². The summed E-state index contributed by atoms with van der Waals surface area (Å²) in [4.78, 5) is 20.3. The third-order valence-corrected chi connectivity index (χ3v) is 3.59. The molecule has 0 bridgehead atoms. The Morgan fingerprint density at radius 2 is 2.20 bits per heavy atom. The van der Waals surface area contributed by atoms with Crippen LogP contribution in [-0.2, 0) is 7.05 Å². The van der Waals surface area contributed by atoms with Crippen LogP contribution in [0.4, 0.5) is 5.82 Å². The average Bonchev–Trinajstić information content (AvgIpc) is 2.71. The zero-order valence-corrected chi connectivity index (χ0v) is 12.8. The van der Waals surface area contributed by atoms with Gasteiger partial charge in [0.1, 0.15) is 16.7 Å². The molecule has 2 rings (SSSR count). The Bertz CT molecular complexity index is 648. The summed E-state index contributed by atoms with van der Waals surface area (Å²) in [6.07, 6.45) is 0. The first-order valence-corrected chi connectivity index (χ1v) is 7.25. The van der Waals surface area contributed by atoms with Gasteiger partial charge in [-0.1, -0.05) is 13.8 Å². The van der Waals surface area contributed by atoms with Crippen molar-refractivity contribution < 1.29 is 0 Å². The van der Waals surface area contributed by atoms with Gasteiger partial charge < -0.3 is 5.32 Å². The van der Waals surface area contributed by atoms with Crippen LogP contribution in [0.2, 0.25) is 0 Å². The third kappa shape index (κ3) is 3.19. The fraction of sp³-hybridized carbons (Fsp3) is 0.500. The standard InChI is InChI=1S/C12H18N6OS/c1-5-13-8-6-9(15-10(14-8)7(2)3)20-12-17-16-11(19)18(12)4/h6-7H,5H2,1-4H3,(H,16,19)(H,13,14,15). The quantitative estimate of drug-likeness (QED) is 0.814. The molecule has 0 aliphatic carbocycles. The van der Waals surface area contributed by atoms with E-state index in [4.69, 9.17) is 0 Å². The van der Waals surface area contributed by atoms with Crippen molar-refractivity contribution in [2.24, 2.45) is 7.05 Å². The van der Waals surface area contributed by atoms with Crippen molar-refractivity contribution in [1.82, 2.24) is 24.7 Å². The van der Waals surface area contributed by atoms with Crippen molar-refractivity contribution in [2.45, 2.75) is 36.9 Å². The Hall–Kier alpha value is -1.83. The molecule has 7 nitrogen and oxygen atoms in total. The van der Waals surface area contributed by atoms with Crippen LogP contribution in [0.25, 0.3) is 0 Å². The first-order valence-electron chi connectivity index (χ1n) is 6.43. The van der Waals surface area contributed by atoms with Crippen molar-refractivity contribution in [3.05, 3.63) is 22.4 Å². The maximum Gasteiger partial charge on any atom is 0.343 e. The van der Waals surface area contributed by atoms with E-state index in [0.29, 0.717) is 5.16 Å². The van der Waals surface area contributed by atoms with Gasteiger partial charge in [-0.25, -0.2) is 19.9 Å². The molecule has 108 valence electrons. The number of nitrogens with zero attached hydrogens (tertiary/aromatic N) is 4. The Morgan fingerprint density at radius 1 is 1.45 bits per heavy atom. The minimum atomic E-state index is -0.238. The summed E-state index contributed by atoms with van der Waals surface area (Å²) in [5.74, 6) is 1.79. The first-order chi connectivity index (χ1) is 9.51. The van der Waals surface area contributed by atoms with Crippen LogP contribution in [0, 0.1) is 0 Å². The number of nitrogens with one attached hydrogen (secondary N) is 2. The fourth-order valence-corrected chi connectivity index (χ4v) is 2.35. The molecule has 0 aliphatic heterocycles. The SMILES string of the molecule is CCNc1cc(Sc2n[nH]c(=O)n2C)nc(C(C)C)n1. The summed E-state index contributed by atoms with van der Waals surface area (Å²) < 4.78 is 1.45. The number of H-pyrrole nitrogens is 1. The zero-order chi connectivity index (χ0) is 14.7. The van der Waals surface area contributed by atoms with E-state index in [2.05, 4.69) is 25.5 Å². The molecule has 2 aromatic rings. The van der Waals surface area contributed by atoms with Gasteiger partial charge in [-0.3, -0.25) is 4.57 Å². The molecule has 0 aromatic carbocycles. The molecular weight excluding hydrogens is 276 g/mol. The van der Waals surface area contributed by atoms with Crippen LogP contribution in [-0.4, -0.2) is 31.3 Å². The summed E-state index contributed by atoms with van der Waals surface area (Å²) in [7, 11) is 1.67. The van der Waals surface area contributed by atoms with Gasteiger partial charge >= 0.3 is 5.69 Å². The Morgan fingerprint density at radius 3 is 2.75 bits per heavy atom. The predicted octanol–water partition coefficient (Wildman–Crippen LogP) is 1.60. The molecule has 0 saturated heterocycles. The minimum Gasteiger partial charge on any atom is -0.370 e. The molecule has 0 radical (unpaired) electrons. The van der Waals surface area contributed by atoms with Crippen LogP contribution >= 0.6 is 11.8 Å². The molecule has 8 heteroatoms. The van der Waals surface area contributed by atoms with E-state index >= 15 is 0 Å². The van der Waals surface area contributed by atoms with Gasteiger partial charge in [-0.2, -0.15) is 0 Å². The van der Waals surface area contributed by atoms with Crippen LogP contribution in [0.15, 0.2) is 21.0 Å². The van der Waals surface area contributed by atoms with Gasteiger partial charge in [0.05, 0.1) is 0 Å². The molecule has 0 saturated carbocycles. The van der Waals surface area contributed by atoms with Crippen molar-refractivity contribution in [1.29, 1.82) is 0 Å². The topological polar surface area (TPSA) is 88.5 Å². The van der Waals surface area contributed by atoms with Crippen LogP contribution in [0.5, 0.6) is 0 Å². The smallest absolute Gasteiger partial charge is 0.343 e. The lowest BCUT2D eigenvalue weighted by atomic mass is 10.2. The normalized spacial score (nSPS) is 11.1. The maximum atomic E-state index is 11.4. The lowest BCUT2D eigenvalue weighted by Crippen LogP contribution is -2.13. The summed E-state index contributed by atoms with van der Waals surface area (Å²) in [5, 5.41) is 10.9. The molecule has 2 heterocycles. The van der Waals surface area contributed by atoms with E-state index in [1.165, 1.54) is 16.3 Å². The molecule has 0 fully saturated rings. The van der Waals surface area contributed by atoms with E-state index in [0.717, 1.165) is 23.2 Å². The number of aromatic nitrogens is 5. The predicted molar refractivity (Wildman–Crippen MR) is 78.2 cm³/mol. The monoisotopic (exact) mass is 294 g/mol. The largest absolute Gasteiger partial charge is 0.370 e. The van der Waals surface area contributed by atoms with E-state index < -0.39 is 0 Å². The molecular formula is C12H18N6OS. The van der Waals surface area contributed by atoms with Crippen molar-refractivity contribution in [3.8, 4) is 0 Å². The van der Waals surface area contributed by atoms with Gasteiger partial charge in [-0.05, 0) is 18.7 Å². The lowest BCUT2D eigenvalue weighted by molar-refractivity contribution is 0.746. The molecule has 20 heavy (non-hydrogen) atoms. The highest BCUT2D eigenvalue weighted by atomic mass is 32.2. The molecule has 0 spiro atoms. The molecule has 2 N–H and O–H groups in total. The molecule has 0 atom stereocenters. The summed E-state index contributed by atoms with van der Waals surface area (Å²) in [5.41, 5.74) is -0.238.